The highest BCUT2D eigenvalue weighted by molar-refractivity contribution is 7.92. The van der Waals surface area contributed by atoms with Crippen molar-refractivity contribution in [3.63, 3.8) is 0 Å². The minimum atomic E-state index is -3.80. The molecule has 1 unspecified atom stereocenters. The summed E-state index contributed by atoms with van der Waals surface area (Å²) in [6, 6.07) is 17.2. The summed E-state index contributed by atoms with van der Waals surface area (Å²) in [6.07, 6.45) is 0. The van der Waals surface area contributed by atoms with Gasteiger partial charge in [-0.05, 0) is 62.8 Å². The molecular formula is C22H25N3O3S2. The zero-order valence-electron chi connectivity index (χ0n) is 17.1. The van der Waals surface area contributed by atoms with Gasteiger partial charge in [0.25, 0.3) is 15.9 Å². The largest absolute Gasteiger partial charge is 0.350 e. The maximum absolute atomic E-state index is 12.7. The van der Waals surface area contributed by atoms with Crippen LogP contribution in [0.3, 0.4) is 0 Å². The Hall–Kier alpha value is -2.68. The number of carbonyl (C=O) groups is 1. The van der Waals surface area contributed by atoms with Crippen LogP contribution in [0.5, 0.6) is 0 Å². The molecule has 1 aromatic heterocycles. The average Bonchev–Trinajstić information content (AvgIpc) is 3.24. The molecular weight excluding hydrogens is 418 g/mol. The molecule has 2 N–H and O–H groups in total. The van der Waals surface area contributed by atoms with Crippen LogP contribution < -0.4 is 10.0 Å². The number of nitrogens with one attached hydrogen (secondary N) is 2. The molecule has 0 aliphatic heterocycles. The van der Waals surface area contributed by atoms with E-state index in [0.717, 1.165) is 10.4 Å². The van der Waals surface area contributed by atoms with Crippen LogP contribution in [-0.2, 0) is 10.0 Å². The molecule has 30 heavy (non-hydrogen) atoms. The lowest BCUT2D eigenvalue weighted by Crippen LogP contribution is -2.34. The molecule has 0 aliphatic rings. The third-order valence-electron chi connectivity index (χ3n) is 4.66. The second-order valence-corrected chi connectivity index (χ2v) is 9.87. The molecule has 0 fully saturated rings. The monoisotopic (exact) mass is 443 g/mol. The molecule has 0 bridgehead atoms. The molecule has 3 rings (SSSR count). The minimum Gasteiger partial charge on any atom is -0.350 e. The second kappa shape index (κ2) is 9.42. The van der Waals surface area contributed by atoms with Gasteiger partial charge >= 0.3 is 0 Å². The lowest BCUT2D eigenvalue weighted by atomic mass is 10.2. The molecule has 3 aromatic rings. The third-order valence-corrected chi connectivity index (χ3v) is 7.01. The van der Waals surface area contributed by atoms with Crippen molar-refractivity contribution >= 4 is 33.0 Å². The zero-order valence-corrected chi connectivity index (χ0v) is 18.8. The normalized spacial score (nSPS) is 12.5. The number of hydrogen-bond donors (Lipinski definition) is 2. The van der Waals surface area contributed by atoms with Crippen LogP contribution in [0.4, 0.5) is 5.69 Å². The van der Waals surface area contributed by atoms with Crippen molar-refractivity contribution < 1.29 is 13.2 Å². The van der Waals surface area contributed by atoms with Gasteiger partial charge in [0.2, 0.25) is 0 Å². The number of benzene rings is 2. The summed E-state index contributed by atoms with van der Waals surface area (Å²) in [7, 11) is 0.119. The number of likely N-dealkylation sites (N-methyl/N-ethyl adjacent to an activating group) is 1. The van der Waals surface area contributed by atoms with Crippen molar-refractivity contribution in [2.24, 2.45) is 0 Å². The summed E-state index contributed by atoms with van der Waals surface area (Å²) in [5, 5.41) is 4.92. The summed E-state index contributed by atoms with van der Waals surface area (Å²) in [4.78, 5) is 15.9. The fourth-order valence-electron chi connectivity index (χ4n) is 2.95. The van der Waals surface area contributed by atoms with Crippen LogP contribution >= 0.6 is 11.3 Å². The number of amides is 1. The predicted octanol–water partition coefficient (Wildman–Crippen LogP) is 3.89. The van der Waals surface area contributed by atoms with E-state index in [9.17, 15) is 13.2 Å². The molecule has 0 saturated heterocycles. The molecule has 6 nitrogen and oxygen atoms in total. The van der Waals surface area contributed by atoms with Gasteiger partial charge in [-0.25, -0.2) is 8.42 Å². The molecule has 0 saturated carbocycles. The second-order valence-electron chi connectivity index (χ2n) is 7.20. The van der Waals surface area contributed by atoms with Gasteiger partial charge < -0.3 is 10.2 Å². The SMILES string of the molecule is Cc1ccc(NS(=O)(=O)c2cccc(C(=O)NCC(c3cccs3)N(C)C)c2)cc1. The molecule has 158 valence electrons. The van der Waals surface area contributed by atoms with Gasteiger partial charge in [-0.1, -0.05) is 29.8 Å². The first kappa shape index (κ1) is 22.0. The first-order chi connectivity index (χ1) is 14.3. The van der Waals surface area contributed by atoms with Crippen molar-refractivity contribution in [1.82, 2.24) is 10.2 Å². The van der Waals surface area contributed by atoms with Crippen LogP contribution in [0.2, 0.25) is 0 Å². The minimum absolute atomic E-state index is 0.0399. The summed E-state index contributed by atoms with van der Waals surface area (Å²) >= 11 is 1.63. The first-order valence-corrected chi connectivity index (χ1v) is 11.8. The van der Waals surface area contributed by atoms with E-state index in [-0.39, 0.29) is 16.8 Å². The Morgan fingerprint density at radius 3 is 2.43 bits per heavy atom. The smallest absolute Gasteiger partial charge is 0.261 e. The lowest BCUT2D eigenvalue weighted by molar-refractivity contribution is 0.0942. The number of anilines is 1. The van der Waals surface area contributed by atoms with E-state index in [1.165, 1.54) is 12.1 Å². The van der Waals surface area contributed by atoms with Crippen molar-refractivity contribution in [3.8, 4) is 0 Å². The van der Waals surface area contributed by atoms with E-state index in [1.807, 2.05) is 55.6 Å². The van der Waals surface area contributed by atoms with E-state index in [1.54, 1.807) is 35.6 Å². The fourth-order valence-corrected chi connectivity index (χ4v) is 4.98. The van der Waals surface area contributed by atoms with Crippen molar-refractivity contribution in [2.45, 2.75) is 17.9 Å². The van der Waals surface area contributed by atoms with Crippen LogP contribution in [0.15, 0.2) is 70.9 Å². The lowest BCUT2D eigenvalue weighted by Gasteiger charge is -2.23. The number of thiophene rings is 1. The van der Waals surface area contributed by atoms with Crippen LogP contribution in [-0.4, -0.2) is 39.9 Å². The number of carbonyl (C=O) groups excluding carboxylic acids is 1. The number of sulfonamides is 1. The highest BCUT2D eigenvalue weighted by Gasteiger charge is 2.19. The van der Waals surface area contributed by atoms with Crippen molar-refractivity contribution in [1.29, 1.82) is 0 Å². The van der Waals surface area contributed by atoms with Crippen molar-refractivity contribution in [2.75, 3.05) is 25.4 Å². The van der Waals surface area contributed by atoms with E-state index >= 15 is 0 Å². The maximum Gasteiger partial charge on any atom is 0.261 e. The Kier molecular flexibility index (Phi) is 6.91. The predicted molar refractivity (Wildman–Crippen MR) is 122 cm³/mol. The molecule has 0 aliphatic carbocycles. The zero-order chi connectivity index (χ0) is 21.7. The van der Waals surface area contributed by atoms with Gasteiger partial charge in [0, 0.05) is 22.7 Å². The quantitative estimate of drug-likeness (QED) is 0.554. The first-order valence-electron chi connectivity index (χ1n) is 9.44. The highest BCUT2D eigenvalue weighted by Crippen LogP contribution is 2.23. The van der Waals surface area contributed by atoms with Gasteiger partial charge in [0.05, 0.1) is 10.9 Å². The Morgan fingerprint density at radius 1 is 1.07 bits per heavy atom. The van der Waals surface area contributed by atoms with Gasteiger partial charge in [-0.2, -0.15) is 0 Å². The number of hydrogen-bond acceptors (Lipinski definition) is 5. The molecule has 1 amide bonds. The molecule has 0 radical (unpaired) electrons. The molecule has 8 heteroatoms. The van der Waals surface area contributed by atoms with E-state index in [0.29, 0.717) is 17.8 Å². The average molecular weight is 444 g/mol. The van der Waals surface area contributed by atoms with Crippen LogP contribution in [0.25, 0.3) is 0 Å². The Labute approximate surface area is 181 Å². The molecule has 2 aromatic carbocycles. The standard InChI is InChI=1S/C22H25N3O3S2/c1-16-9-11-18(12-10-16)24-30(27,28)19-7-4-6-17(14-19)22(26)23-15-20(25(2)3)21-8-5-13-29-21/h4-14,20,24H,15H2,1-3H3,(H,23,26). The van der Waals surface area contributed by atoms with E-state index in [4.69, 9.17) is 0 Å². The van der Waals surface area contributed by atoms with Gasteiger partial charge in [0.15, 0.2) is 0 Å². The summed E-state index contributed by atoms with van der Waals surface area (Å²) < 4.78 is 28.0. The summed E-state index contributed by atoms with van der Waals surface area (Å²) in [5.74, 6) is -0.314. The number of aryl methyl sites for hydroxylation is 1. The Morgan fingerprint density at radius 2 is 1.80 bits per heavy atom. The van der Waals surface area contributed by atoms with Gasteiger partial charge in [-0.3, -0.25) is 9.52 Å². The molecule has 1 heterocycles. The summed E-state index contributed by atoms with van der Waals surface area (Å²) in [5.41, 5.74) is 1.81. The molecule has 0 spiro atoms. The Bertz CT molecular complexity index is 1090. The number of rotatable bonds is 8. The Balaban J connectivity index is 1.72. The summed E-state index contributed by atoms with van der Waals surface area (Å²) in [6.45, 7) is 2.35. The van der Waals surface area contributed by atoms with Gasteiger partial charge in [-0.15, -0.1) is 11.3 Å². The van der Waals surface area contributed by atoms with E-state index in [2.05, 4.69) is 10.0 Å². The molecule has 1 atom stereocenters. The number of nitrogens with zero attached hydrogens (tertiary/aromatic N) is 1. The topological polar surface area (TPSA) is 78.5 Å². The highest BCUT2D eigenvalue weighted by atomic mass is 32.2. The fraction of sp³-hybridized carbons (Fsp3) is 0.227. The van der Waals surface area contributed by atoms with Gasteiger partial charge in [0.1, 0.15) is 0 Å². The maximum atomic E-state index is 12.7. The van der Waals surface area contributed by atoms with Crippen LogP contribution in [0, 0.1) is 6.92 Å². The van der Waals surface area contributed by atoms with E-state index < -0.39 is 10.0 Å². The third kappa shape index (κ3) is 5.47. The van der Waals surface area contributed by atoms with Crippen molar-refractivity contribution in [3.05, 3.63) is 82.0 Å². The van der Waals surface area contributed by atoms with Crippen LogP contribution in [0.1, 0.15) is 26.8 Å².